The molecule has 0 aliphatic carbocycles. The molecule has 0 unspecified atom stereocenters. The molecule has 0 atom stereocenters. The zero-order valence-electron chi connectivity index (χ0n) is 8.66. The predicted octanol–water partition coefficient (Wildman–Crippen LogP) is 2.97. The van der Waals surface area contributed by atoms with Crippen molar-refractivity contribution in [1.29, 1.82) is 0 Å². The molecule has 3 nitrogen and oxygen atoms in total. The van der Waals surface area contributed by atoms with Crippen molar-refractivity contribution in [1.82, 2.24) is 0 Å². The molecule has 2 aromatic carbocycles. The fraction of sp³-hybridized carbons (Fsp3) is 0.0833. The monoisotopic (exact) mass is 279 g/mol. The summed E-state index contributed by atoms with van der Waals surface area (Å²) in [5.41, 5.74) is 6.77. The van der Waals surface area contributed by atoms with Crippen LogP contribution in [0.3, 0.4) is 0 Å². The van der Waals surface area contributed by atoms with Gasteiger partial charge in [0.05, 0.1) is 12.7 Å². The van der Waals surface area contributed by atoms with Crippen molar-refractivity contribution in [2.75, 3.05) is 12.8 Å². The molecule has 0 saturated carbocycles. The van der Waals surface area contributed by atoms with Crippen LogP contribution in [-0.4, -0.2) is 13.1 Å². The van der Waals surface area contributed by atoms with Gasteiger partial charge in [0.1, 0.15) is 0 Å². The van der Waals surface area contributed by atoms with E-state index in [0.717, 1.165) is 15.2 Å². The second-order valence-electron chi connectivity index (χ2n) is 3.40. The topological polar surface area (TPSA) is 52.3 Å². The summed E-state index contributed by atoms with van der Waals surface area (Å²) in [5.74, 6) is -0.385. The fourth-order valence-electron chi connectivity index (χ4n) is 1.68. The number of hydrogen-bond acceptors (Lipinski definition) is 3. The summed E-state index contributed by atoms with van der Waals surface area (Å²) >= 11 is 3.42. The number of carbonyl (C=O) groups excluding carboxylic acids is 1. The van der Waals surface area contributed by atoms with Crippen molar-refractivity contribution in [3.05, 3.63) is 40.4 Å². The minimum atomic E-state index is -0.385. The summed E-state index contributed by atoms with van der Waals surface area (Å²) < 4.78 is 5.59. The van der Waals surface area contributed by atoms with E-state index in [2.05, 4.69) is 15.9 Å². The maximum absolute atomic E-state index is 11.6. The summed E-state index contributed by atoms with van der Waals surface area (Å²) in [6, 6.07) is 9.13. The van der Waals surface area contributed by atoms with E-state index in [1.165, 1.54) is 7.11 Å². The highest BCUT2D eigenvalue weighted by atomic mass is 79.9. The quantitative estimate of drug-likeness (QED) is 0.645. The third-order valence-corrected chi connectivity index (χ3v) is 3.01. The van der Waals surface area contributed by atoms with Crippen LogP contribution < -0.4 is 5.73 Å². The second kappa shape index (κ2) is 4.14. The van der Waals surface area contributed by atoms with E-state index in [1.807, 2.05) is 24.3 Å². The average Bonchev–Trinajstić information content (AvgIpc) is 2.27. The Kier molecular flexibility index (Phi) is 2.83. The lowest BCUT2D eigenvalue weighted by atomic mass is 10.0. The highest BCUT2D eigenvalue weighted by Crippen LogP contribution is 2.29. The van der Waals surface area contributed by atoms with Gasteiger partial charge in [0.15, 0.2) is 0 Å². The number of carbonyl (C=O) groups is 1. The Bertz CT molecular complexity index is 566. The first kappa shape index (κ1) is 11.0. The number of halogens is 1. The van der Waals surface area contributed by atoms with Crippen LogP contribution in [0, 0.1) is 0 Å². The maximum atomic E-state index is 11.6. The number of nitrogens with two attached hydrogens (primary N) is 1. The molecule has 16 heavy (non-hydrogen) atoms. The summed E-state index contributed by atoms with van der Waals surface area (Å²) in [6.07, 6.45) is 0. The zero-order valence-corrected chi connectivity index (χ0v) is 10.2. The van der Waals surface area contributed by atoms with Gasteiger partial charge in [0.2, 0.25) is 0 Å². The molecule has 82 valence electrons. The van der Waals surface area contributed by atoms with Crippen molar-refractivity contribution >= 4 is 38.4 Å². The Hall–Kier alpha value is -1.55. The SMILES string of the molecule is COC(=O)c1cc(N)cc2cccc(Br)c12. The summed E-state index contributed by atoms with van der Waals surface area (Å²) in [5, 5.41) is 1.73. The molecule has 2 rings (SSSR count). The van der Waals surface area contributed by atoms with Crippen LogP contribution in [0.25, 0.3) is 10.8 Å². The molecule has 0 aliphatic rings. The lowest BCUT2D eigenvalue weighted by Crippen LogP contribution is -2.03. The van der Waals surface area contributed by atoms with Crippen molar-refractivity contribution in [2.24, 2.45) is 0 Å². The molecule has 0 heterocycles. The van der Waals surface area contributed by atoms with Crippen LogP contribution >= 0.6 is 15.9 Å². The Balaban J connectivity index is 2.85. The zero-order chi connectivity index (χ0) is 11.7. The lowest BCUT2D eigenvalue weighted by molar-refractivity contribution is 0.0603. The van der Waals surface area contributed by atoms with E-state index in [0.29, 0.717) is 11.3 Å². The molecule has 4 heteroatoms. The van der Waals surface area contributed by atoms with Crippen LogP contribution in [0.4, 0.5) is 5.69 Å². The molecule has 0 spiro atoms. The van der Waals surface area contributed by atoms with Gasteiger partial charge in [-0.1, -0.05) is 28.1 Å². The number of ether oxygens (including phenoxy) is 1. The molecule has 0 radical (unpaired) electrons. The van der Waals surface area contributed by atoms with E-state index < -0.39 is 0 Å². The van der Waals surface area contributed by atoms with Crippen molar-refractivity contribution < 1.29 is 9.53 Å². The van der Waals surface area contributed by atoms with Gasteiger partial charge in [-0.05, 0) is 23.6 Å². The Morgan fingerprint density at radius 3 is 2.81 bits per heavy atom. The van der Waals surface area contributed by atoms with Crippen molar-refractivity contribution in [3.63, 3.8) is 0 Å². The first-order valence-electron chi connectivity index (χ1n) is 4.69. The van der Waals surface area contributed by atoms with Gasteiger partial charge in [-0.3, -0.25) is 0 Å². The van der Waals surface area contributed by atoms with Gasteiger partial charge >= 0.3 is 5.97 Å². The summed E-state index contributed by atoms with van der Waals surface area (Å²) in [6.45, 7) is 0. The standard InChI is InChI=1S/C12H10BrNO2/c1-16-12(15)9-6-8(14)5-7-3-2-4-10(13)11(7)9/h2-6H,14H2,1H3. The van der Waals surface area contributed by atoms with Crippen LogP contribution in [0.1, 0.15) is 10.4 Å². The van der Waals surface area contributed by atoms with Crippen molar-refractivity contribution in [3.8, 4) is 0 Å². The fourth-order valence-corrected chi connectivity index (χ4v) is 2.27. The third kappa shape index (κ3) is 1.76. The molecule has 0 amide bonds. The highest BCUT2D eigenvalue weighted by molar-refractivity contribution is 9.10. The summed E-state index contributed by atoms with van der Waals surface area (Å²) in [4.78, 5) is 11.6. The Morgan fingerprint density at radius 1 is 1.38 bits per heavy atom. The number of esters is 1. The van der Waals surface area contributed by atoms with Gasteiger partial charge in [0, 0.05) is 15.5 Å². The van der Waals surface area contributed by atoms with E-state index in [4.69, 9.17) is 10.5 Å². The largest absolute Gasteiger partial charge is 0.465 e. The average molecular weight is 280 g/mol. The molecule has 0 saturated heterocycles. The molecule has 0 bridgehead atoms. The molecule has 0 aromatic heterocycles. The maximum Gasteiger partial charge on any atom is 0.338 e. The van der Waals surface area contributed by atoms with Crippen LogP contribution in [0.5, 0.6) is 0 Å². The molecular formula is C12H10BrNO2. The van der Waals surface area contributed by atoms with Gasteiger partial charge in [-0.2, -0.15) is 0 Å². The van der Waals surface area contributed by atoms with Crippen LogP contribution in [0.2, 0.25) is 0 Å². The number of benzene rings is 2. The van der Waals surface area contributed by atoms with Gasteiger partial charge < -0.3 is 10.5 Å². The number of fused-ring (bicyclic) bond motifs is 1. The van der Waals surface area contributed by atoms with E-state index in [1.54, 1.807) is 6.07 Å². The summed E-state index contributed by atoms with van der Waals surface area (Å²) in [7, 11) is 1.36. The second-order valence-corrected chi connectivity index (χ2v) is 4.25. The first-order valence-corrected chi connectivity index (χ1v) is 5.49. The van der Waals surface area contributed by atoms with Crippen LogP contribution in [-0.2, 0) is 4.74 Å². The molecule has 0 aliphatic heterocycles. The number of rotatable bonds is 1. The minimum Gasteiger partial charge on any atom is -0.465 e. The molecule has 0 fully saturated rings. The van der Waals surface area contributed by atoms with Crippen LogP contribution in [0.15, 0.2) is 34.8 Å². The van der Waals surface area contributed by atoms with E-state index in [-0.39, 0.29) is 5.97 Å². The molecule has 2 N–H and O–H groups in total. The van der Waals surface area contributed by atoms with Crippen molar-refractivity contribution in [2.45, 2.75) is 0 Å². The smallest absolute Gasteiger partial charge is 0.338 e. The molecule has 2 aromatic rings. The number of methoxy groups -OCH3 is 1. The normalized spacial score (nSPS) is 10.4. The Labute approximate surface area is 101 Å². The van der Waals surface area contributed by atoms with Gasteiger partial charge in [-0.15, -0.1) is 0 Å². The van der Waals surface area contributed by atoms with Gasteiger partial charge in [0.25, 0.3) is 0 Å². The number of nitrogen functional groups attached to an aromatic ring is 1. The minimum absolute atomic E-state index is 0.385. The highest BCUT2D eigenvalue weighted by Gasteiger charge is 2.13. The predicted molar refractivity (Wildman–Crippen MR) is 67.4 cm³/mol. The number of anilines is 1. The van der Waals surface area contributed by atoms with Gasteiger partial charge in [-0.25, -0.2) is 4.79 Å². The number of hydrogen-bond donors (Lipinski definition) is 1. The lowest BCUT2D eigenvalue weighted by Gasteiger charge is -2.08. The first-order chi connectivity index (χ1) is 7.63. The molecular weight excluding hydrogens is 270 g/mol. The Morgan fingerprint density at radius 2 is 2.12 bits per heavy atom. The van der Waals surface area contributed by atoms with E-state index in [9.17, 15) is 4.79 Å². The van der Waals surface area contributed by atoms with E-state index >= 15 is 0 Å². The third-order valence-electron chi connectivity index (χ3n) is 2.35.